The van der Waals surface area contributed by atoms with Gasteiger partial charge in [-0.3, -0.25) is 0 Å². The van der Waals surface area contributed by atoms with Gasteiger partial charge in [-0.25, -0.2) is 4.79 Å². The minimum absolute atomic E-state index is 0.114. The first-order valence-electron chi connectivity index (χ1n) is 8.11. The van der Waals surface area contributed by atoms with Crippen LogP contribution in [0.4, 0.5) is 10.5 Å². The van der Waals surface area contributed by atoms with E-state index >= 15 is 0 Å². The molecule has 2 amide bonds. The van der Waals surface area contributed by atoms with E-state index in [9.17, 15) is 4.79 Å². The number of thioether (sulfide) groups is 1. The van der Waals surface area contributed by atoms with Gasteiger partial charge in [-0.2, -0.15) is 0 Å². The lowest BCUT2D eigenvalue weighted by molar-refractivity contribution is 0.240. The molecule has 0 aliphatic rings. The first-order valence-corrected chi connectivity index (χ1v) is 9.09. The molecule has 5 heteroatoms. The van der Waals surface area contributed by atoms with Crippen LogP contribution in [0.5, 0.6) is 0 Å². The minimum atomic E-state index is -0.114. The molecule has 0 aromatic heterocycles. The van der Waals surface area contributed by atoms with E-state index in [1.807, 2.05) is 56.2 Å². The number of benzene rings is 2. The van der Waals surface area contributed by atoms with Crippen LogP contribution in [0.2, 0.25) is 0 Å². The highest BCUT2D eigenvalue weighted by Gasteiger charge is 2.01. The van der Waals surface area contributed by atoms with Gasteiger partial charge in [0, 0.05) is 37.8 Å². The van der Waals surface area contributed by atoms with Crippen LogP contribution in [0.1, 0.15) is 12.0 Å². The van der Waals surface area contributed by atoms with E-state index in [0.717, 1.165) is 23.4 Å². The van der Waals surface area contributed by atoms with Crippen LogP contribution in [-0.2, 0) is 6.54 Å². The van der Waals surface area contributed by atoms with Crippen LogP contribution < -0.4 is 15.5 Å². The molecular formula is C19H25N3OS. The molecular weight excluding hydrogens is 318 g/mol. The molecule has 0 bridgehead atoms. The van der Waals surface area contributed by atoms with Crippen molar-refractivity contribution >= 4 is 23.5 Å². The van der Waals surface area contributed by atoms with E-state index in [0.29, 0.717) is 13.1 Å². The molecule has 128 valence electrons. The summed E-state index contributed by atoms with van der Waals surface area (Å²) in [6, 6.07) is 18.4. The normalized spacial score (nSPS) is 10.2. The first kappa shape index (κ1) is 18.2. The molecule has 0 aliphatic carbocycles. The van der Waals surface area contributed by atoms with Gasteiger partial charge in [0.1, 0.15) is 0 Å². The molecule has 2 N–H and O–H groups in total. The fourth-order valence-electron chi connectivity index (χ4n) is 2.14. The summed E-state index contributed by atoms with van der Waals surface area (Å²) in [4.78, 5) is 15.1. The van der Waals surface area contributed by atoms with Crippen LogP contribution >= 0.6 is 11.8 Å². The molecule has 0 aliphatic heterocycles. The number of carbonyl (C=O) groups excluding carboxylic acids is 1. The van der Waals surface area contributed by atoms with Crippen molar-refractivity contribution in [3.05, 3.63) is 60.2 Å². The third kappa shape index (κ3) is 6.54. The number of rotatable bonds is 8. The summed E-state index contributed by atoms with van der Waals surface area (Å²) in [6.07, 6.45) is 0.949. The molecule has 24 heavy (non-hydrogen) atoms. The predicted octanol–water partition coefficient (Wildman–Crippen LogP) is 3.73. The summed E-state index contributed by atoms with van der Waals surface area (Å²) in [5, 5.41) is 5.78. The third-order valence-corrected chi connectivity index (χ3v) is 4.62. The second kappa shape index (κ2) is 9.88. The minimum Gasteiger partial charge on any atom is -0.378 e. The van der Waals surface area contributed by atoms with E-state index in [1.165, 1.54) is 4.90 Å². The summed E-state index contributed by atoms with van der Waals surface area (Å²) in [5.74, 6) is 0.996. The van der Waals surface area contributed by atoms with E-state index in [2.05, 4.69) is 39.8 Å². The summed E-state index contributed by atoms with van der Waals surface area (Å²) in [6.45, 7) is 1.23. The molecule has 0 atom stereocenters. The lowest BCUT2D eigenvalue weighted by atomic mass is 10.2. The number of carbonyl (C=O) groups is 1. The van der Waals surface area contributed by atoms with Crippen molar-refractivity contribution in [2.75, 3.05) is 31.3 Å². The number of hydrogen-bond donors (Lipinski definition) is 2. The second-order valence-electron chi connectivity index (χ2n) is 5.69. The zero-order valence-corrected chi connectivity index (χ0v) is 15.1. The van der Waals surface area contributed by atoms with E-state index in [-0.39, 0.29) is 6.03 Å². The zero-order chi connectivity index (χ0) is 17.2. The summed E-state index contributed by atoms with van der Waals surface area (Å²) in [5.41, 5.74) is 2.24. The molecule has 2 rings (SSSR count). The summed E-state index contributed by atoms with van der Waals surface area (Å²) in [7, 11) is 4.02. The molecule has 0 radical (unpaired) electrons. The fourth-order valence-corrected chi connectivity index (χ4v) is 3.01. The first-order chi connectivity index (χ1) is 11.6. The Morgan fingerprint density at radius 1 is 1.00 bits per heavy atom. The van der Waals surface area contributed by atoms with Gasteiger partial charge in [0.25, 0.3) is 0 Å². The van der Waals surface area contributed by atoms with Crippen LogP contribution in [0.3, 0.4) is 0 Å². The number of anilines is 1. The number of nitrogens with zero attached hydrogens (tertiary/aromatic N) is 1. The van der Waals surface area contributed by atoms with Crippen LogP contribution in [-0.4, -0.2) is 32.4 Å². The number of nitrogens with one attached hydrogen (secondary N) is 2. The zero-order valence-electron chi connectivity index (χ0n) is 14.3. The van der Waals surface area contributed by atoms with E-state index in [1.54, 1.807) is 0 Å². The molecule has 0 spiro atoms. The Morgan fingerprint density at radius 2 is 1.71 bits per heavy atom. The van der Waals surface area contributed by atoms with Crippen molar-refractivity contribution in [1.29, 1.82) is 0 Å². The molecule has 0 heterocycles. The Balaban J connectivity index is 1.58. The Morgan fingerprint density at radius 3 is 2.38 bits per heavy atom. The number of urea groups is 1. The van der Waals surface area contributed by atoms with Crippen molar-refractivity contribution in [2.24, 2.45) is 0 Å². The lowest BCUT2D eigenvalue weighted by Gasteiger charge is -2.13. The molecule has 0 unspecified atom stereocenters. The van der Waals surface area contributed by atoms with Gasteiger partial charge < -0.3 is 15.5 Å². The van der Waals surface area contributed by atoms with Crippen molar-refractivity contribution in [3.63, 3.8) is 0 Å². The smallest absolute Gasteiger partial charge is 0.315 e. The van der Waals surface area contributed by atoms with Crippen molar-refractivity contribution < 1.29 is 4.79 Å². The average molecular weight is 343 g/mol. The Kier molecular flexibility index (Phi) is 7.49. The third-order valence-electron chi connectivity index (χ3n) is 3.52. The highest BCUT2D eigenvalue weighted by atomic mass is 32.2. The Bertz CT molecular complexity index is 614. The maximum atomic E-state index is 11.8. The average Bonchev–Trinajstić information content (AvgIpc) is 2.61. The van der Waals surface area contributed by atoms with Gasteiger partial charge in [-0.05, 0) is 42.0 Å². The standard InChI is InChI=1S/C19H25N3OS/c1-22(2)17-11-9-16(10-12-17)15-21-19(23)20-13-6-14-24-18-7-4-3-5-8-18/h3-5,7-12H,6,13-15H2,1-2H3,(H2,20,21,23). The Hall–Kier alpha value is -2.14. The summed E-state index contributed by atoms with van der Waals surface area (Å²) < 4.78 is 0. The van der Waals surface area contributed by atoms with Gasteiger partial charge in [0.15, 0.2) is 0 Å². The van der Waals surface area contributed by atoms with E-state index in [4.69, 9.17) is 0 Å². The maximum Gasteiger partial charge on any atom is 0.315 e. The van der Waals surface area contributed by atoms with Gasteiger partial charge >= 0.3 is 6.03 Å². The van der Waals surface area contributed by atoms with Crippen LogP contribution in [0.15, 0.2) is 59.5 Å². The molecule has 4 nitrogen and oxygen atoms in total. The monoisotopic (exact) mass is 343 g/mol. The molecule has 2 aromatic carbocycles. The largest absolute Gasteiger partial charge is 0.378 e. The van der Waals surface area contributed by atoms with Gasteiger partial charge in [0.05, 0.1) is 0 Å². The predicted molar refractivity (Wildman–Crippen MR) is 103 cm³/mol. The van der Waals surface area contributed by atoms with Crippen molar-refractivity contribution in [3.8, 4) is 0 Å². The van der Waals surface area contributed by atoms with Crippen LogP contribution in [0.25, 0.3) is 0 Å². The quantitative estimate of drug-likeness (QED) is 0.567. The number of amides is 2. The highest BCUT2D eigenvalue weighted by molar-refractivity contribution is 7.99. The summed E-state index contributed by atoms with van der Waals surface area (Å²) >= 11 is 1.81. The second-order valence-corrected chi connectivity index (χ2v) is 6.85. The topological polar surface area (TPSA) is 44.4 Å². The molecule has 0 saturated heterocycles. The highest BCUT2D eigenvalue weighted by Crippen LogP contribution is 2.17. The number of hydrogen-bond acceptors (Lipinski definition) is 3. The Labute approximate surface area is 148 Å². The van der Waals surface area contributed by atoms with Gasteiger partial charge in [-0.1, -0.05) is 30.3 Å². The van der Waals surface area contributed by atoms with Gasteiger partial charge in [-0.15, -0.1) is 11.8 Å². The van der Waals surface area contributed by atoms with Crippen LogP contribution in [0, 0.1) is 0 Å². The van der Waals surface area contributed by atoms with Crippen molar-refractivity contribution in [2.45, 2.75) is 17.9 Å². The molecule has 2 aromatic rings. The molecule has 0 saturated carbocycles. The van der Waals surface area contributed by atoms with Crippen molar-refractivity contribution in [1.82, 2.24) is 10.6 Å². The maximum absolute atomic E-state index is 11.8. The molecule has 0 fully saturated rings. The SMILES string of the molecule is CN(C)c1ccc(CNC(=O)NCCCSc2ccccc2)cc1. The lowest BCUT2D eigenvalue weighted by Crippen LogP contribution is -2.35. The fraction of sp³-hybridized carbons (Fsp3) is 0.316. The van der Waals surface area contributed by atoms with E-state index < -0.39 is 0 Å². The van der Waals surface area contributed by atoms with Gasteiger partial charge in [0.2, 0.25) is 0 Å².